The van der Waals surface area contributed by atoms with Crippen LogP contribution in [0.5, 0.6) is 11.5 Å². The quantitative estimate of drug-likeness (QED) is 0.697. The third-order valence-corrected chi connectivity index (χ3v) is 4.84. The van der Waals surface area contributed by atoms with E-state index in [1.165, 1.54) is 0 Å². The van der Waals surface area contributed by atoms with Gasteiger partial charge in [0.05, 0.1) is 0 Å². The van der Waals surface area contributed by atoms with Gasteiger partial charge in [0.15, 0.2) is 11.5 Å². The third kappa shape index (κ3) is 1.53. The number of ether oxygens (including phenoxy) is 2. The molecule has 0 saturated carbocycles. The summed E-state index contributed by atoms with van der Waals surface area (Å²) in [6.07, 6.45) is 0.571. The Morgan fingerprint density at radius 3 is 2.60 bits per heavy atom. The molecule has 1 spiro atoms. The highest BCUT2D eigenvalue weighted by Gasteiger charge is 2.50. The van der Waals surface area contributed by atoms with Gasteiger partial charge in [-0.15, -0.1) is 11.8 Å². The highest BCUT2D eigenvalue weighted by Crippen LogP contribution is 2.47. The second-order valence-corrected chi connectivity index (χ2v) is 6.04. The summed E-state index contributed by atoms with van der Waals surface area (Å²) in [4.78, 5) is 24.7. The molecule has 1 aromatic carbocycles. The van der Waals surface area contributed by atoms with Crippen LogP contribution in [0.1, 0.15) is 12.0 Å². The smallest absolute Gasteiger partial charge is 0.322 e. The van der Waals surface area contributed by atoms with Crippen molar-refractivity contribution in [3.05, 3.63) is 17.7 Å². The van der Waals surface area contributed by atoms with Gasteiger partial charge < -0.3 is 14.8 Å². The molecule has 7 heteroatoms. The Bertz CT molecular complexity index is 633. The Labute approximate surface area is 119 Å². The monoisotopic (exact) mass is 292 g/mol. The fourth-order valence-electron chi connectivity index (χ4n) is 2.83. The van der Waals surface area contributed by atoms with E-state index in [-0.39, 0.29) is 5.91 Å². The van der Waals surface area contributed by atoms with E-state index in [4.69, 9.17) is 9.47 Å². The molecular formula is C13H12N2O4S. The molecule has 1 saturated heterocycles. The zero-order chi connectivity index (χ0) is 13.7. The van der Waals surface area contributed by atoms with Crippen molar-refractivity contribution in [3.63, 3.8) is 0 Å². The van der Waals surface area contributed by atoms with Crippen LogP contribution in [-0.2, 0) is 10.3 Å². The minimum absolute atomic E-state index is 0.291. The molecule has 6 nitrogen and oxygen atoms in total. The number of hydrogen-bond donors (Lipinski definition) is 2. The first-order valence-electron chi connectivity index (χ1n) is 6.39. The summed E-state index contributed by atoms with van der Waals surface area (Å²) in [7, 11) is 0. The maximum absolute atomic E-state index is 12.2. The molecule has 0 radical (unpaired) electrons. The number of amides is 3. The largest absolute Gasteiger partial charge is 0.486 e. The van der Waals surface area contributed by atoms with Crippen molar-refractivity contribution in [3.8, 4) is 11.5 Å². The van der Waals surface area contributed by atoms with Gasteiger partial charge in [-0.1, -0.05) is 0 Å². The fraction of sp³-hybridized carbons (Fsp3) is 0.385. The van der Waals surface area contributed by atoms with Gasteiger partial charge >= 0.3 is 6.03 Å². The van der Waals surface area contributed by atoms with E-state index < -0.39 is 11.6 Å². The molecule has 3 aliphatic heterocycles. The van der Waals surface area contributed by atoms with Crippen molar-refractivity contribution < 1.29 is 19.1 Å². The van der Waals surface area contributed by atoms with Crippen LogP contribution in [0.25, 0.3) is 0 Å². The van der Waals surface area contributed by atoms with E-state index in [0.717, 1.165) is 16.2 Å². The van der Waals surface area contributed by atoms with Gasteiger partial charge in [0.25, 0.3) is 5.91 Å². The Kier molecular flexibility index (Phi) is 2.41. The standard InChI is InChI=1S/C13H12N2O4S/c16-11-13(15-12(17)14-11)1-4-20-10-6-9-8(5-7(10)13)18-2-3-19-9/h5-6H,1-4H2,(H2,14,15,16,17). The first-order valence-corrected chi connectivity index (χ1v) is 7.38. The first kappa shape index (κ1) is 11.9. The molecule has 20 heavy (non-hydrogen) atoms. The van der Waals surface area contributed by atoms with E-state index in [1.807, 2.05) is 12.1 Å². The van der Waals surface area contributed by atoms with E-state index >= 15 is 0 Å². The van der Waals surface area contributed by atoms with Gasteiger partial charge in [-0.2, -0.15) is 0 Å². The summed E-state index contributed by atoms with van der Waals surface area (Å²) >= 11 is 1.66. The highest BCUT2D eigenvalue weighted by molar-refractivity contribution is 7.99. The summed E-state index contributed by atoms with van der Waals surface area (Å²) in [5.74, 6) is 1.80. The molecule has 0 aromatic heterocycles. The summed E-state index contributed by atoms with van der Waals surface area (Å²) in [6.45, 7) is 1.02. The Hall–Kier alpha value is -1.89. The van der Waals surface area contributed by atoms with Crippen LogP contribution in [-0.4, -0.2) is 30.9 Å². The molecule has 1 fully saturated rings. The van der Waals surface area contributed by atoms with E-state index in [1.54, 1.807) is 11.8 Å². The Morgan fingerprint density at radius 2 is 1.90 bits per heavy atom. The molecule has 3 amide bonds. The summed E-state index contributed by atoms with van der Waals surface area (Å²) in [5.41, 5.74) is -0.172. The van der Waals surface area contributed by atoms with Crippen molar-refractivity contribution >= 4 is 23.7 Å². The van der Waals surface area contributed by atoms with Gasteiger partial charge in [-0.25, -0.2) is 4.79 Å². The van der Waals surface area contributed by atoms with Gasteiger partial charge in [0.2, 0.25) is 0 Å². The molecule has 1 aromatic rings. The molecule has 104 valence electrons. The zero-order valence-electron chi connectivity index (χ0n) is 10.5. The molecule has 3 heterocycles. The number of fused-ring (bicyclic) bond motifs is 3. The number of nitrogens with one attached hydrogen (secondary N) is 2. The number of carbonyl (C=O) groups is 2. The van der Waals surface area contributed by atoms with Crippen molar-refractivity contribution in [1.29, 1.82) is 0 Å². The minimum atomic E-state index is -0.965. The Morgan fingerprint density at radius 1 is 1.15 bits per heavy atom. The van der Waals surface area contributed by atoms with Crippen molar-refractivity contribution in [2.24, 2.45) is 0 Å². The van der Waals surface area contributed by atoms with Crippen molar-refractivity contribution in [2.75, 3.05) is 19.0 Å². The molecule has 2 N–H and O–H groups in total. The fourth-order valence-corrected chi connectivity index (χ4v) is 4.04. The summed E-state index contributed by atoms with van der Waals surface area (Å²) < 4.78 is 11.1. The maximum Gasteiger partial charge on any atom is 0.322 e. The molecule has 1 unspecified atom stereocenters. The highest BCUT2D eigenvalue weighted by atomic mass is 32.2. The lowest BCUT2D eigenvalue weighted by molar-refractivity contribution is -0.124. The van der Waals surface area contributed by atoms with Crippen LogP contribution >= 0.6 is 11.8 Å². The average Bonchev–Trinajstić information content (AvgIpc) is 2.72. The van der Waals surface area contributed by atoms with Crippen molar-refractivity contribution in [1.82, 2.24) is 10.6 Å². The SMILES string of the molecule is O=C1NC(=O)C2(CCSc3cc4c(cc32)OCCO4)N1. The molecule has 0 aliphatic carbocycles. The van der Waals surface area contributed by atoms with E-state index in [2.05, 4.69) is 10.6 Å². The van der Waals surface area contributed by atoms with Gasteiger partial charge in [0.1, 0.15) is 18.8 Å². The van der Waals surface area contributed by atoms with Gasteiger partial charge in [-0.3, -0.25) is 10.1 Å². The maximum atomic E-state index is 12.2. The van der Waals surface area contributed by atoms with Crippen LogP contribution in [0.2, 0.25) is 0 Å². The predicted octanol–water partition coefficient (Wildman–Crippen LogP) is 0.988. The number of benzene rings is 1. The van der Waals surface area contributed by atoms with E-state index in [9.17, 15) is 9.59 Å². The minimum Gasteiger partial charge on any atom is -0.486 e. The number of carbonyl (C=O) groups excluding carboxylic acids is 2. The lowest BCUT2D eigenvalue weighted by atomic mass is 9.86. The summed E-state index contributed by atoms with van der Waals surface area (Å²) in [6, 6.07) is 3.27. The second-order valence-electron chi connectivity index (χ2n) is 4.90. The molecule has 0 bridgehead atoms. The van der Waals surface area contributed by atoms with E-state index in [0.29, 0.717) is 31.1 Å². The van der Waals surface area contributed by atoms with Gasteiger partial charge in [-0.05, 0) is 18.6 Å². The first-order chi connectivity index (χ1) is 9.69. The summed E-state index contributed by atoms with van der Waals surface area (Å²) in [5, 5.41) is 5.10. The second kappa shape index (κ2) is 4.05. The van der Waals surface area contributed by atoms with Crippen LogP contribution in [0.15, 0.2) is 17.0 Å². The van der Waals surface area contributed by atoms with Crippen LogP contribution < -0.4 is 20.1 Å². The molecule has 3 aliphatic rings. The van der Waals surface area contributed by atoms with Crippen LogP contribution in [0.3, 0.4) is 0 Å². The molecule has 4 rings (SSSR count). The topological polar surface area (TPSA) is 76.7 Å². The average molecular weight is 292 g/mol. The number of hydrogen-bond acceptors (Lipinski definition) is 5. The zero-order valence-corrected chi connectivity index (χ0v) is 11.3. The van der Waals surface area contributed by atoms with Crippen LogP contribution in [0, 0.1) is 0 Å². The van der Waals surface area contributed by atoms with Crippen LogP contribution in [0.4, 0.5) is 4.79 Å². The number of urea groups is 1. The number of thioether (sulfide) groups is 1. The van der Waals surface area contributed by atoms with Crippen molar-refractivity contribution in [2.45, 2.75) is 16.9 Å². The van der Waals surface area contributed by atoms with Gasteiger partial charge in [0, 0.05) is 16.2 Å². The molecular weight excluding hydrogens is 280 g/mol. The lowest BCUT2D eigenvalue weighted by Crippen LogP contribution is -2.46. The normalized spacial score (nSPS) is 27.0. The third-order valence-electron chi connectivity index (χ3n) is 3.78. The predicted molar refractivity (Wildman–Crippen MR) is 71.1 cm³/mol. The molecule has 1 atom stereocenters. The number of rotatable bonds is 0. The Balaban J connectivity index is 1.88. The number of imide groups is 1. The lowest BCUT2D eigenvalue weighted by Gasteiger charge is -2.33.